The summed E-state index contributed by atoms with van der Waals surface area (Å²) in [6, 6.07) is 4.71. The number of nitrogen functional groups attached to an aromatic ring is 1. The van der Waals surface area contributed by atoms with Crippen LogP contribution in [0.15, 0.2) is 57.4 Å². The molecular formula is C21H18N7NaO5S3. The fourth-order valence-electron chi connectivity index (χ4n) is 3.88. The Morgan fingerprint density at radius 2 is 2.22 bits per heavy atom. The van der Waals surface area contributed by atoms with E-state index in [0.717, 1.165) is 22.0 Å². The number of imidazole rings is 1. The van der Waals surface area contributed by atoms with Gasteiger partial charge in [-0.1, -0.05) is 11.2 Å². The quantitative estimate of drug-likeness (QED) is 0.0937. The van der Waals surface area contributed by atoms with Gasteiger partial charge in [-0.15, -0.1) is 34.9 Å². The van der Waals surface area contributed by atoms with Crippen LogP contribution in [-0.2, 0) is 19.2 Å². The number of fused-ring (bicyclic) bond motifs is 2. The molecule has 0 unspecified atom stereocenters. The first-order valence-corrected chi connectivity index (χ1v) is 13.4. The molecule has 12 nitrogen and oxygen atoms in total. The Morgan fingerprint density at radius 3 is 2.92 bits per heavy atom. The molecule has 5 rings (SSSR count). The second-order valence-corrected chi connectivity index (χ2v) is 10.6. The molecule has 3 aromatic rings. The van der Waals surface area contributed by atoms with Gasteiger partial charge in [0, 0.05) is 29.3 Å². The van der Waals surface area contributed by atoms with Crippen LogP contribution >= 0.6 is 34.9 Å². The van der Waals surface area contributed by atoms with Crippen LogP contribution in [0.3, 0.4) is 0 Å². The number of nitrogens with two attached hydrogens (primary N) is 1. The number of hydrogen-bond acceptors (Lipinski definition) is 12. The number of β-lactam (4-membered cyclic amide) rings is 1. The van der Waals surface area contributed by atoms with Crippen LogP contribution in [0, 0.1) is 0 Å². The molecule has 1 fully saturated rings. The van der Waals surface area contributed by atoms with E-state index in [1.54, 1.807) is 11.6 Å². The maximum Gasteiger partial charge on any atom is 1.00 e. The molecule has 0 saturated carbocycles. The molecule has 2 atom stereocenters. The van der Waals surface area contributed by atoms with Gasteiger partial charge in [0.25, 0.3) is 11.8 Å². The first-order chi connectivity index (χ1) is 17.4. The monoisotopic (exact) mass is 567 g/mol. The van der Waals surface area contributed by atoms with Gasteiger partial charge >= 0.3 is 29.6 Å². The standard InChI is InChI=1S/C21H19N7O5S3.Na/c1-33-26-14(11-9-36-21(22)24-11)17(29)25-15-18(30)28-16(20(31)32)10(8-35-19(15)28)7-34-13-4-2-3-12-23-5-6-27(12)13;/h2-6,9,15,19H,7-8H2,1H3,(H2,22,24)(H,25,29)(H,31,32);/q;+1/p-1/b26-14-;/t15-,19+;/m1./s1. The number of nitrogens with one attached hydrogen (secondary N) is 1. The minimum atomic E-state index is -1.44. The molecule has 0 radical (unpaired) electrons. The Kier molecular flexibility index (Phi) is 8.50. The maximum atomic E-state index is 13.0. The smallest absolute Gasteiger partial charge is 0.543 e. The van der Waals surface area contributed by atoms with Crippen molar-refractivity contribution in [2.75, 3.05) is 24.3 Å². The van der Waals surface area contributed by atoms with Gasteiger partial charge in [0.05, 0.1) is 16.7 Å². The first-order valence-electron chi connectivity index (χ1n) is 10.5. The summed E-state index contributed by atoms with van der Waals surface area (Å²) in [6.07, 6.45) is 3.51. The number of pyridine rings is 1. The molecule has 3 aromatic heterocycles. The van der Waals surface area contributed by atoms with Crippen LogP contribution in [0.1, 0.15) is 5.69 Å². The topological polar surface area (TPSA) is 167 Å². The van der Waals surface area contributed by atoms with E-state index in [0.29, 0.717) is 17.1 Å². The van der Waals surface area contributed by atoms with Crippen molar-refractivity contribution in [2.45, 2.75) is 16.4 Å². The van der Waals surface area contributed by atoms with E-state index in [4.69, 9.17) is 10.6 Å². The van der Waals surface area contributed by atoms with E-state index in [-0.39, 0.29) is 51.8 Å². The molecule has 0 spiro atoms. The van der Waals surface area contributed by atoms with Gasteiger partial charge in [-0.25, -0.2) is 9.97 Å². The molecule has 186 valence electrons. The number of nitrogens with zero attached hydrogens (tertiary/aromatic N) is 5. The summed E-state index contributed by atoms with van der Waals surface area (Å²) in [5.74, 6) is -1.96. The number of carboxylic acid groups (broad SMARTS) is 1. The number of carboxylic acids is 1. The first kappa shape index (κ1) is 27.5. The molecule has 37 heavy (non-hydrogen) atoms. The summed E-state index contributed by atoms with van der Waals surface area (Å²) in [5, 5.41) is 20.5. The Balaban J connectivity index is 0.00000320. The van der Waals surface area contributed by atoms with Crippen LogP contribution < -0.4 is 45.7 Å². The number of thiazole rings is 1. The van der Waals surface area contributed by atoms with Crippen molar-refractivity contribution in [3.8, 4) is 0 Å². The van der Waals surface area contributed by atoms with Crippen LogP contribution in [0.4, 0.5) is 5.13 Å². The predicted molar refractivity (Wildman–Crippen MR) is 133 cm³/mol. The molecule has 0 aromatic carbocycles. The minimum absolute atomic E-state index is 0. The Bertz CT molecular complexity index is 1440. The van der Waals surface area contributed by atoms with Gasteiger partial charge in [-0.2, -0.15) is 0 Å². The van der Waals surface area contributed by atoms with Crippen molar-refractivity contribution in [1.29, 1.82) is 0 Å². The van der Waals surface area contributed by atoms with Crippen molar-refractivity contribution in [1.82, 2.24) is 24.6 Å². The van der Waals surface area contributed by atoms with Crippen molar-refractivity contribution >= 4 is 69.1 Å². The van der Waals surface area contributed by atoms with E-state index in [1.165, 1.54) is 35.5 Å². The summed E-state index contributed by atoms with van der Waals surface area (Å²) in [7, 11) is 1.28. The number of hydrogen-bond donors (Lipinski definition) is 2. The zero-order valence-electron chi connectivity index (χ0n) is 19.6. The molecule has 3 N–H and O–H groups in total. The van der Waals surface area contributed by atoms with Crippen LogP contribution in [0.2, 0.25) is 0 Å². The Hall–Kier alpha value is -2.56. The van der Waals surface area contributed by atoms with E-state index in [9.17, 15) is 19.5 Å². The van der Waals surface area contributed by atoms with Gasteiger partial charge in [0.15, 0.2) is 10.8 Å². The SMILES string of the molecule is CO/N=C(\C(=O)N[C@@H]1C(=O)N2C(C(=O)[O-])=C(CSc3cccc4nccn34)CS[C@@H]12)c1csc(N)n1.[Na+]. The number of aromatic nitrogens is 3. The molecule has 0 bridgehead atoms. The number of aliphatic carboxylic acids is 1. The second-order valence-electron chi connectivity index (χ2n) is 7.60. The van der Waals surface area contributed by atoms with Gasteiger partial charge in [0.1, 0.15) is 29.9 Å². The van der Waals surface area contributed by atoms with Crippen LogP contribution in [0.25, 0.3) is 5.65 Å². The summed E-state index contributed by atoms with van der Waals surface area (Å²) < 4.78 is 1.90. The zero-order valence-corrected chi connectivity index (χ0v) is 24.1. The normalized spacial score (nSPS) is 19.2. The maximum absolute atomic E-state index is 13.0. The Labute approximate surface area is 245 Å². The molecule has 5 heterocycles. The zero-order chi connectivity index (χ0) is 25.4. The van der Waals surface area contributed by atoms with E-state index >= 15 is 0 Å². The van der Waals surface area contributed by atoms with Gasteiger partial charge in [-0.05, 0) is 17.7 Å². The molecular weight excluding hydrogens is 549 g/mol. The second kappa shape index (κ2) is 11.4. The number of oxime groups is 1. The van der Waals surface area contributed by atoms with Gasteiger partial charge in [-0.3, -0.25) is 18.9 Å². The molecule has 16 heteroatoms. The van der Waals surface area contributed by atoms with E-state index in [2.05, 4.69) is 20.4 Å². The number of thioether (sulfide) groups is 2. The van der Waals surface area contributed by atoms with Gasteiger partial charge in [0.2, 0.25) is 0 Å². The molecule has 0 aliphatic carbocycles. The van der Waals surface area contributed by atoms with Crippen molar-refractivity contribution < 1.29 is 53.9 Å². The number of anilines is 1. The minimum Gasteiger partial charge on any atom is -0.543 e. The van der Waals surface area contributed by atoms with Crippen molar-refractivity contribution in [2.24, 2.45) is 5.16 Å². The van der Waals surface area contributed by atoms with Crippen LogP contribution in [0.5, 0.6) is 0 Å². The number of carbonyl (C=O) groups is 3. The third kappa shape index (κ3) is 5.24. The fourth-order valence-corrected chi connectivity index (χ4v) is 6.94. The van der Waals surface area contributed by atoms with Gasteiger partial charge < -0.3 is 25.8 Å². The third-order valence-electron chi connectivity index (χ3n) is 5.47. The largest absolute Gasteiger partial charge is 1.00 e. The fraction of sp³-hybridized carbons (Fsp3) is 0.238. The van der Waals surface area contributed by atoms with Crippen molar-refractivity contribution in [3.05, 3.63) is 52.9 Å². The summed E-state index contributed by atoms with van der Waals surface area (Å²) >= 11 is 3.93. The summed E-state index contributed by atoms with van der Waals surface area (Å²) in [6.45, 7) is 0. The predicted octanol–water partition coefficient (Wildman–Crippen LogP) is -3.08. The van der Waals surface area contributed by atoms with Crippen LogP contribution in [-0.4, -0.2) is 72.8 Å². The number of rotatable bonds is 8. The molecule has 2 aliphatic heterocycles. The summed E-state index contributed by atoms with van der Waals surface area (Å²) in [4.78, 5) is 52.1. The van der Waals surface area contributed by atoms with E-state index < -0.39 is 29.2 Å². The molecule has 1 saturated heterocycles. The molecule has 2 amide bonds. The number of amides is 2. The van der Waals surface area contributed by atoms with E-state index in [1.807, 2.05) is 28.8 Å². The third-order valence-corrected chi connectivity index (χ3v) is 8.61. The summed E-state index contributed by atoms with van der Waals surface area (Å²) in [5.41, 5.74) is 6.90. The average Bonchev–Trinajstić information content (AvgIpc) is 3.52. The van der Waals surface area contributed by atoms with Crippen molar-refractivity contribution in [3.63, 3.8) is 0 Å². The average molecular weight is 568 g/mol. The Morgan fingerprint density at radius 1 is 1.41 bits per heavy atom. The molecule has 2 aliphatic rings. The number of carbonyl (C=O) groups excluding carboxylic acids is 3.